The van der Waals surface area contributed by atoms with Crippen molar-refractivity contribution in [3.63, 3.8) is 0 Å². The number of rotatable bonds is 3. The van der Waals surface area contributed by atoms with Crippen LogP contribution in [0, 0.1) is 21.4 Å². The van der Waals surface area contributed by atoms with Crippen LogP contribution in [0.1, 0.15) is 29.0 Å². The first-order valence-corrected chi connectivity index (χ1v) is 8.75. The van der Waals surface area contributed by atoms with Crippen molar-refractivity contribution in [3.05, 3.63) is 86.3 Å². The molecule has 0 amide bonds. The van der Waals surface area contributed by atoms with Crippen LogP contribution in [-0.4, -0.2) is 12.0 Å². The quantitative estimate of drug-likeness (QED) is 0.646. The largest absolute Gasteiger partial charge is 0.497 e. The molecule has 2 N–H and O–H groups in total. The van der Waals surface area contributed by atoms with E-state index in [4.69, 9.17) is 15.2 Å². The third-order valence-corrected chi connectivity index (χ3v) is 5.17. The highest BCUT2D eigenvalue weighted by Gasteiger charge is 2.36. The van der Waals surface area contributed by atoms with Crippen LogP contribution >= 0.6 is 0 Å². The van der Waals surface area contributed by atoms with Crippen LogP contribution in [0.4, 0.5) is 5.69 Å². The van der Waals surface area contributed by atoms with Crippen molar-refractivity contribution >= 4 is 11.4 Å². The number of methoxy groups -OCH3 is 1. The number of hydrogen-bond donors (Lipinski definition) is 1. The van der Waals surface area contributed by atoms with Gasteiger partial charge in [-0.2, -0.15) is 5.26 Å². The van der Waals surface area contributed by atoms with E-state index in [2.05, 4.69) is 6.07 Å². The Morgan fingerprint density at radius 1 is 1.29 bits per heavy atom. The molecular formula is C21H17N3O4. The van der Waals surface area contributed by atoms with Gasteiger partial charge in [-0.15, -0.1) is 0 Å². The van der Waals surface area contributed by atoms with Gasteiger partial charge in [0.15, 0.2) is 0 Å². The normalized spacial score (nSPS) is 17.9. The number of nitriles is 1. The first-order chi connectivity index (χ1) is 13.5. The van der Waals surface area contributed by atoms with Crippen LogP contribution in [0.5, 0.6) is 5.75 Å². The molecule has 2 aliphatic rings. The van der Waals surface area contributed by atoms with Crippen molar-refractivity contribution in [3.8, 4) is 11.8 Å². The Bertz CT molecular complexity index is 1100. The van der Waals surface area contributed by atoms with Crippen LogP contribution in [0.15, 0.2) is 59.5 Å². The molecule has 7 heteroatoms. The maximum Gasteiger partial charge on any atom is 0.269 e. The van der Waals surface area contributed by atoms with Gasteiger partial charge < -0.3 is 15.2 Å². The van der Waals surface area contributed by atoms with Crippen LogP contribution in [0.2, 0.25) is 0 Å². The van der Waals surface area contributed by atoms with E-state index in [1.807, 2.05) is 18.2 Å². The van der Waals surface area contributed by atoms with Gasteiger partial charge in [-0.25, -0.2) is 0 Å². The van der Waals surface area contributed by atoms with Gasteiger partial charge in [0.25, 0.3) is 5.69 Å². The summed E-state index contributed by atoms with van der Waals surface area (Å²) in [7, 11) is 1.59. The zero-order chi connectivity index (χ0) is 19.8. The van der Waals surface area contributed by atoms with Crippen molar-refractivity contribution in [2.24, 2.45) is 5.73 Å². The number of non-ortho nitro benzene ring substituents is 1. The number of nitrogens with zero attached hydrogens (tertiary/aromatic N) is 2. The number of allylic oxidation sites excluding steroid dienone is 2. The molecule has 0 spiro atoms. The number of nitro groups is 1. The highest BCUT2D eigenvalue weighted by molar-refractivity contribution is 5.75. The van der Waals surface area contributed by atoms with Gasteiger partial charge >= 0.3 is 0 Å². The first kappa shape index (κ1) is 17.6. The summed E-state index contributed by atoms with van der Waals surface area (Å²) in [6.45, 7) is 0. The minimum absolute atomic E-state index is 0.0217. The number of nitro benzene ring substituents is 1. The highest BCUT2D eigenvalue weighted by atomic mass is 16.6. The molecule has 0 saturated heterocycles. The van der Waals surface area contributed by atoms with Gasteiger partial charge in [-0.3, -0.25) is 10.1 Å². The summed E-state index contributed by atoms with van der Waals surface area (Å²) < 4.78 is 11.2. The molecule has 0 bridgehead atoms. The molecule has 0 radical (unpaired) electrons. The third-order valence-electron chi connectivity index (χ3n) is 5.17. The molecule has 2 aromatic carbocycles. The second kappa shape index (κ2) is 6.74. The van der Waals surface area contributed by atoms with Gasteiger partial charge in [0.1, 0.15) is 23.2 Å². The minimum Gasteiger partial charge on any atom is -0.497 e. The Morgan fingerprint density at radius 2 is 2.11 bits per heavy atom. The lowest BCUT2D eigenvalue weighted by Crippen LogP contribution is -2.23. The van der Waals surface area contributed by atoms with E-state index in [-0.39, 0.29) is 17.1 Å². The van der Waals surface area contributed by atoms with Crippen LogP contribution in [0.25, 0.3) is 5.76 Å². The Hall–Kier alpha value is -3.79. The fraction of sp³-hybridized carbons (Fsp3) is 0.190. The summed E-state index contributed by atoms with van der Waals surface area (Å²) >= 11 is 0. The molecule has 1 aliphatic carbocycles. The molecule has 2 aromatic rings. The van der Waals surface area contributed by atoms with Crippen LogP contribution in [-0.2, 0) is 11.2 Å². The molecule has 1 unspecified atom stereocenters. The SMILES string of the molecule is COc1ccc2c(c1)C1=C(CC2)C(c2cccc([N+](=O)[O-])c2)C(C#N)=C(N)O1. The molecule has 140 valence electrons. The van der Waals surface area contributed by atoms with E-state index in [0.717, 1.165) is 23.1 Å². The molecule has 1 aliphatic heterocycles. The van der Waals surface area contributed by atoms with E-state index in [9.17, 15) is 15.4 Å². The van der Waals surface area contributed by atoms with Gasteiger partial charge in [-0.1, -0.05) is 18.2 Å². The summed E-state index contributed by atoms with van der Waals surface area (Å²) in [6.07, 6.45) is 1.44. The maximum atomic E-state index is 11.2. The van der Waals surface area contributed by atoms with E-state index in [0.29, 0.717) is 23.5 Å². The zero-order valence-corrected chi connectivity index (χ0v) is 15.1. The van der Waals surface area contributed by atoms with Crippen molar-refractivity contribution < 1.29 is 14.4 Å². The zero-order valence-electron chi connectivity index (χ0n) is 15.1. The first-order valence-electron chi connectivity index (χ1n) is 8.75. The van der Waals surface area contributed by atoms with E-state index in [1.54, 1.807) is 19.2 Å². The summed E-state index contributed by atoms with van der Waals surface area (Å²) in [5.41, 5.74) is 9.84. The smallest absolute Gasteiger partial charge is 0.269 e. The summed E-state index contributed by atoms with van der Waals surface area (Å²) in [5, 5.41) is 20.9. The van der Waals surface area contributed by atoms with E-state index in [1.165, 1.54) is 12.1 Å². The predicted molar refractivity (Wildman–Crippen MR) is 102 cm³/mol. The van der Waals surface area contributed by atoms with Gasteiger partial charge in [-0.05, 0) is 41.7 Å². The van der Waals surface area contributed by atoms with Gasteiger partial charge in [0.05, 0.1) is 12.0 Å². The number of fused-ring (bicyclic) bond motifs is 2. The molecular weight excluding hydrogens is 358 g/mol. The Morgan fingerprint density at radius 3 is 2.82 bits per heavy atom. The van der Waals surface area contributed by atoms with Crippen LogP contribution in [0.3, 0.4) is 0 Å². The number of benzene rings is 2. The van der Waals surface area contributed by atoms with Crippen molar-refractivity contribution in [1.82, 2.24) is 0 Å². The lowest BCUT2D eigenvalue weighted by molar-refractivity contribution is -0.384. The molecule has 0 saturated carbocycles. The third kappa shape index (κ3) is 2.76. The Labute approximate surface area is 161 Å². The van der Waals surface area contributed by atoms with Crippen molar-refractivity contribution in [2.45, 2.75) is 18.8 Å². The molecule has 1 heterocycles. The Balaban J connectivity index is 1.91. The topological polar surface area (TPSA) is 111 Å². The van der Waals surface area contributed by atoms with E-state index >= 15 is 0 Å². The second-order valence-corrected chi connectivity index (χ2v) is 6.65. The highest BCUT2D eigenvalue weighted by Crippen LogP contribution is 2.47. The average molecular weight is 375 g/mol. The van der Waals surface area contributed by atoms with Gasteiger partial charge in [0.2, 0.25) is 5.88 Å². The summed E-state index contributed by atoms with van der Waals surface area (Å²) in [5.74, 6) is 0.839. The fourth-order valence-corrected chi connectivity index (χ4v) is 3.85. The monoisotopic (exact) mass is 375 g/mol. The van der Waals surface area contributed by atoms with Crippen molar-refractivity contribution in [1.29, 1.82) is 5.26 Å². The molecule has 4 rings (SSSR count). The van der Waals surface area contributed by atoms with Gasteiger partial charge in [0, 0.05) is 23.6 Å². The average Bonchev–Trinajstić information content (AvgIpc) is 2.72. The number of ether oxygens (including phenoxy) is 2. The summed E-state index contributed by atoms with van der Waals surface area (Å²) in [4.78, 5) is 10.8. The lowest BCUT2D eigenvalue weighted by atomic mass is 9.76. The molecule has 28 heavy (non-hydrogen) atoms. The number of hydrogen-bond acceptors (Lipinski definition) is 6. The molecule has 1 atom stereocenters. The van der Waals surface area contributed by atoms with Crippen LogP contribution < -0.4 is 10.5 Å². The lowest BCUT2D eigenvalue weighted by Gasteiger charge is -2.33. The minimum atomic E-state index is -0.479. The Kier molecular flexibility index (Phi) is 4.24. The second-order valence-electron chi connectivity index (χ2n) is 6.65. The van der Waals surface area contributed by atoms with E-state index < -0.39 is 10.8 Å². The molecule has 7 nitrogen and oxygen atoms in total. The number of aryl methyl sites for hydroxylation is 1. The standard InChI is InChI=1S/C21H17N3O4/c1-27-15-7-5-12-6-8-16-19(13-3-2-4-14(9-13)24(25)26)18(11-22)21(23)28-20(16)17(12)10-15/h2-5,7,9-10,19H,6,8,23H2,1H3. The van der Waals surface area contributed by atoms with Crippen molar-refractivity contribution in [2.75, 3.05) is 7.11 Å². The fourth-order valence-electron chi connectivity index (χ4n) is 3.85. The summed E-state index contributed by atoms with van der Waals surface area (Å²) in [6, 6.07) is 14.2. The predicted octanol–water partition coefficient (Wildman–Crippen LogP) is 3.77. The molecule has 0 aromatic heterocycles. The number of nitrogens with two attached hydrogens (primary N) is 1. The molecule has 0 fully saturated rings. The maximum absolute atomic E-state index is 11.2.